The molecule has 3 atom stereocenters. The average molecular weight is 243 g/mol. The summed E-state index contributed by atoms with van der Waals surface area (Å²) in [5, 5.41) is 0. The predicted molar refractivity (Wildman–Crippen MR) is 57.1 cm³/mol. The minimum absolute atomic E-state index is 0.318. The summed E-state index contributed by atoms with van der Waals surface area (Å²) < 4.78 is 27.5. The Morgan fingerprint density at radius 3 is 2.53 bits per heavy atom. The number of hydrogen-bond acceptors (Lipinski definition) is 6. The van der Waals surface area contributed by atoms with Crippen molar-refractivity contribution < 1.29 is 23.4 Å². The first kappa shape index (κ1) is 12.5. The highest BCUT2D eigenvalue weighted by atomic mass is 16.8. The third-order valence-electron chi connectivity index (χ3n) is 3.25. The lowest BCUT2D eigenvalue weighted by Gasteiger charge is -2.48. The lowest BCUT2D eigenvalue weighted by atomic mass is 10.1. The number of oxazole rings is 1. The maximum atomic E-state index is 5.87. The summed E-state index contributed by atoms with van der Waals surface area (Å²) in [4.78, 5) is 3.85. The molecule has 0 unspecified atom stereocenters. The van der Waals surface area contributed by atoms with Gasteiger partial charge in [-0.2, -0.15) is 0 Å². The van der Waals surface area contributed by atoms with Gasteiger partial charge in [-0.1, -0.05) is 0 Å². The number of nitrogens with zero attached hydrogens (tertiary/aromatic N) is 1. The molecule has 0 bridgehead atoms. The SMILES string of the molecule is CO[C@]1(C)OC[C@H](c2cnco2)O[C@@]1(C)OC. The number of hydrogen-bond donors (Lipinski definition) is 0. The fourth-order valence-corrected chi connectivity index (χ4v) is 1.78. The molecule has 1 saturated heterocycles. The molecule has 17 heavy (non-hydrogen) atoms. The molecule has 2 rings (SSSR count). The van der Waals surface area contributed by atoms with E-state index >= 15 is 0 Å². The number of rotatable bonds is 3. The second kappa shape index (κ2) is 4.38. The third-order valence-corrected chi connectivity index (χ3v) is 3.25. The summed E-state index contributed by atoms with van der Waals surface area (Å²) >= 11 is 0. The van der Waals surface area contributed by atoms with Crippen LogP contribution in [0, 0.1) is 0 Å². The average Bonchev–Trinajstić information content (AvgIpc) is 2.86. The van der Waals surface area contributed by atoms with E-state index in [1.807, 2.05) is 0 Å². The van der Waals surface area contributed by atoms with E-state index in [0.717, 1.165) is 0 Å². The van der Waals surface area contributed by atoms with Gasteiger partial charge in [0.25, 0.3) is 0 Å². The largest absolute Gasteiger partial charge is 0.446 e. The Morgan fingerprint density at radius 1 is 1.29 bits per heavy atom. The van der Waals surface area contributed by atoms with Gasteiger partial charge in [0.15, 0.2) is 12.2 Å². The standard InChI is InChI=1S/C11H17NO5/c1-10(13-3)11(2,14-4)17-9(6-16-10)8-5-12-7-15-8/h5,7,9H,6H2,1-4H3/t9-,10-,11-/m1/s1. The topological polar surface area (TPSA) is 63.0 Å². The summed E-state index contributed by atoms with van der Waals surface area (Å²) in [6.45, 7) is 3.85. The first-order valence-corrected chi connectivity index (χ1v) is 5.35. The molecule has 0 aliphatic carbocycles. The van der Waals surface area contributed by atoms with E-state index in [0.29, 0.717) is 12.4 Å². The van der Waals surface area contributed by atoms with Crippen LogP contribution in [0.2, 0.25) is 0 Å². The van der Waals surface area contributed by atoms with Gasteiger partial charge in [-0.25, -0.2) is 4.98 Å². The van der Waals surface area contributed by atoms with Crippen molar-refractivity contribution >= 4 is 0 Å². The lowest BCUT2D eigenvalue weighted by molar-refractivity contribution is -0.434. The van der Waals surface area contributed by atoms with Crippen LogP contribution in [0.1, 0.15) is 25.7 Å². The van der Waals surface area contributed by atoms with E-state index in [2.05, 4.69) is 4.98 Å². The van der Waals surface area contributed by atoms with Gasteiger partial charge in [-0.3, -0.25) is 0 Å². The molecule has 0 saturated carbocycles. The van der Waals surface area contributed by atoms with E-state index in [1.54, 1.807) is 34.3 Å². The van der Waals surface area contributed by atoms with Gasteiger partial charge in [0.2, 0.25) is 11.6 Å². The highest BCUT2D eigenvalue weighted by Crippen LogP contribution is 2.40. The quantitative estimate of drug-likeness (QED) is 0.801. The van der Waals surface area contributed by atoms with Crippen molar-refractivity contribution in [2.45, 2.75) is 31.5 Å². The molecule has 6 heteroatoms. The highest BCUT2D eigenvalue weighted by molar-refractivity contribution is 4.99. The first-order chi connectivity index (χ1) is 8.04. The van der Waals surface area contributed by atoms with Gasteiger partial charge in [0.1, 0.15) is 6.10 Å². The van der Waals surface area contributed by atoms with Gasteiger partial charge >= 0.3 is 0 Å². The lowest BCUT2D eigenvalue weighted by Crippen LogP contribution is -2.60. The van der Waals surface area contributed by atoms with E-state index in [9.17, 15) is 0 Å². The molecule has 1 aliphatic heterocycles. The summed E-state index contributed by atoms with van der Waals surface area (Å²) in [6.07, 6.45) is 2.60. The fourth-order valence-electron chi connectivity index (χ4n) is 1.78. The van der Waals surface area contributed by atoms with Crippen LogP contribution in [-0.4, -0.2) is 37.4 Å². The molecule has 1 aliphatic rings. The molecule has 0 spiro atoms. The van der Waals surface area contributed by atoms with Crippen molar-refractivity contribution in [1.29, 1.82) is 0 Å². The zero-order valence-corrected chi connectivity index (χ0v) is 10.4. The van der Waals surface area contributed by atoms with Crippen LogP contribution in [0.15, 0.2) is 17.0 Å². The van der Waals surface area contributed by atoms with Gasteiger partial charge in [0.05, 0.1) is 12.8 Å². The van der Waals surface area contributed by atoms with Crippen LogP contribution in [0.4, 0.5) is 0 Å². The molecule has 1 aromatic heterocycles. The van der Waals surface area contributed by atoms with E-state index in [4.69, 9.17) is 23.4 Å². The van der Waals surface area contributed by atoms with Gasteiger partial charge in [0, 0.05) is 14.2 Å². The summed E-state index contributed by atoms with van der Waals surface area (Å²) in [5.74, 6) is -1.37. The molecular formula is C11H17NO5. The summed E-state index contributed by atoms with van der Waals surface area (Å²) in [5.41, 5.74) is 0. The van der Waals surface area contributed by atoms with Crippen LogP contribution < -0.4 is 0 Å². The third kappa shape index (κ3) is 1.97. The molecule has 1 fully saturated rings. The molecule has 96 valence electrons. The van der Waals surface area contributed by atoms with E-state index in [-0.39, 0.29) is 6.10 Å². The number of methoxy groups -OCH3 is 2. The number of aromatic nitrogens is 1. The molecule has 6 nitrogen and oxygen atoms in total. The maximum absolute atomic E-state index is 5.87. The second-order valence-electron chi connectivity index (χ2n) is 4.12. The molecule has 1 aromatic rings. The minimum atomic E-state index is -1.02. The summed E-state index contributed by atoms with van der Waals surface area (Å²) in [7, 11) is 3.10. The van der Waals surface area contributed by atoms with Crippen molar-refractivity contribution in [1.82, 2.24) is 4.98 Å². The van der Waals surface area contributed by atoms with E-state index < -0.39 is 11.6 Å². The Hall–Kier alpha value is -0.950. The van der Waals surface area contributed by atoms with Gasteiger partial charge in [-0.15, -0.1) is 0 Å². The van der Waals surface area contributed by atoms with Crippen LogP contribution in [0.3, 0.4) is 0 Å². The molecule has 0 amide bonds. The molecule has 0 N–H and O–H groups in total. The van der Waals surface area contributed by atoms with Crippen molar-refractivity contribution in [2.24, 2.45) is 0 Å². The Labute approximate surface area is 99.8 Å². The van der Waals surface area contributed by atoms with Crippen LogP contribution in [0.25, 0.3) is 0 Å². The molecule has 0 aromatic carbocycles. The Morgan fingerprint density at radius 2 is 2.00 bits per heavy atom. The zero-order valence-electron chi connectivity index (χ0n) is 10.4. The smallest absolute Gasteiger partial charge is 0.220 e. The van der Waals surface area contributed by atoms with Crippen LogP contribution in [-0.2, 0) is 18.9 Å². The first-order valence-electron chi connectivity index (χ1n) is 5.35. The van der Waals surface area contributed by atoms with E-state index in [1.165, 1.54) is 6.39 Å². The Bertz CT molecular complexity index is 368. The van der Waals surface area contributed by atoms with Gasteiger partial charge < -0.3 is 23.4 Å². The predicted octanol–water partition coefficient (Wildman–Crippen LogP) is 1.49. The normalized spacial score (nSPS) is 38.2. The Kier molecular flexibility index (Phi) is 3.22. The monoisotopic (exact) mass is 243 g/mol. The van der Waals surface area contributed by atoms with Crippen LogP contribution in [0.5, 0.6) is 0 Å². The second-order valence-corrected chi connectivity index (χ2v) is 4.12. The summed E-state index contributed by atoms with van der Waals surface area (Å²) in [6, 6.07) is 0. The van der Waals surface area contributed by atoms with Crippen molar-refractivity contribution in [3.63, 3.8) is 0 Å². The van der Waals surface area contributed by atoms with Crippen molar-refractivity contribution in [3.8, 4) is 0 Å². The maximum Gasteiger partial charge on any atom is 0.220 e. The minimum Gasteiger partial charge on any atom is -0.446 e. The molecular weight excluding hydrogens is 226 g/mol. The number of ether oxygens (including phenoxy) is 4. The van der Waals surface area contributed by atoms with Gasteiger partial charge in [-0.05, 0) is 13.8 Å². The van der Waals surface area contributed by atoms with Crippen molar-refractivity contribution in [3.05, 3.63) is 18.4 Å². The van der Waals surface area contributed by atoms with Crippen molar-refractivity contribution in [2.75, 3.05) is 20.8 Å². The zero-order chi connectivity index (χ0) is 12.5. The molecule has 2 heterocycles. The highest BCUT2D eigenvalue weighted by Gasteiger charge is 2.54. The fraction of sp³-hybridized carbons (Fsp3) is 0.727. The van der Waals surface area contributed by atoms with Crippen LogP contribution >= 0.6 is 0 Å². The molecule has 0 radical (unpaired) electrons. The Balaban J connectivity index is 2.21.